The summed E-state index contributed by atoms with van der Waals surface area (Å²) in [5, 5.41) is 2.79. The summed E-state index contributed by atoms with van der Waals surface area (Å²) < 4.78 is 17.6. The number of nitrogens with one attached hydrogen (secondary N) is 1. The van der Waals surface area contributed by atoms with Crippen molar-refractivity contribution in [1.82, 2.24) is 5.32 Å². The number of amides is 1. The Balaban J connectivity index is 2.04. The smallest absolute Gasteiger partial charge is 0.407 e. The van der Waals surface area contributed by atoms with Crippen molar-refractivity contribution >= 4 is 28.7 Å². The molecule has 0 unspecified atom stereocenters. The average Bonchev–Trinajstić information content (AvgIpc) is 2.67. The fraction of sp³-hybridized carbons (Fsp3) is 0.350. The molecule has 140 valence electrons. The number of alkyl carbamates (subject to hydrolysis) is 1. The Morgan fingerprint density at radius 1 is 1.12 bits per heavy atom. The fourth-order valence-corrected chi connectivity index (χ4v) is 3.25. The molecule has 1 amide bonds. The molecule has 0 saturated heterocycles. The van der Waals surface area contributed by atoms with Crippen molar-refractivity contribution in [3.05, 3.63) is 69.3 Å². The lowest BCUT2D eigenvalue weighted by Gasteiger charge is -2.27. The van der Waals surface area contributed by atoms with E-state index in [1.54, 1.807) is 7.11 Å². The number of carbonyl (C=O) groups is 1. The molecule has 1 N–H and O–H groups in total. The van der Waals surface area contributed by atoms with Gasteiger partial charge >= 0.3 is 6.09 Å². The molecule has 2 atom stereocenters. The second-order valence-electron chi connectivity index (χ2n) is 5.71. The molecule has 0 fully saturated rings. The zero-order valence-electron chi connectivity index (χ0n) is 15.0. The van der Waals surface area contributed by atoms with E-state index >= 15 is 0 Å². The van der Waals surface area contributed by atoms with E-state index in [0.717, 1.165) is 14.7 Å². The van der Waals surface area contributed by atoms with Crippen LogP contribution in [0.1, 0.15) is 30.6 Å². The first-order chi connectivity index (χ1) is 12.7. The largest absolute Gasteiger partial charge is 0.443 e. The lowest BCUT2D eigenvalue weighted by Crippen LogP contribution is -2.33. The first-order valence-corrected chi connectivity index (χ1v) is 9.57. The Morgan fingerprint density at radius 2 is 1.81 bits per heavy atom. The minimum atomic E-state index is -0.461. The van der Waals surface area contributed by atoms with Gasteiger partial charge in [0.15, 0.2) is 0 Å². The standard InChI is InChI=1S/C20H24INO4/c1-3-18(26-20(23)22-13-15-9-5-4-6-10-15)19(25-14-24-2)16-11-7-8-12-17(16)21/h4-12,18-19H,3,13-14H2,1-2H3,(H,22,23)/t18-,19-/m0/s1. The zero-order valence-corrected chi connectivity index (χ0v) is 17.1. The number of halogens is 1. The monoisotopic (exact) mass is 469 g/mol. The summed E-state index contributed by atoms with van der Waals surface area (Å²) in [6.07, 6.45) is -0.650. The summed E-state index contributed by atoms with van der Waals surface area (Å²) in [5.41, 5.74) is 2.00. The van der Waals surface area contributed by atoms with Crippen molar-refractivity contribution in [3.63, 3.8) is 0 Å². The number of hydrogen-bond acceptors (Lipinski definition) is 4. The van der Waals surface area contributed by atoms with Crippen molar-refractivity contribution < 1.29 is 19.0 Å². The maximum atomic E-state index is 12.3. The Labute approximate surface area is 168 Å². The first-order valence-electron chi connectivity index (χ1n) is 8.49. The van der Waals surface area contributed by atoms with Crippen LogP contribution in [0.15, 0.2) is 54.6 Å². The molecule has 0 radical (unpaired) electrons. The predicted octanol–water partition coefficient (Wildman–Crippen LogP) is 4.66. The van der Waals surface area contributed by atoms with Crippen molar-refractivity contribution in [2.45, 2.75) is 32.1 Å². The number of rotatable bonds is 9. The van der Waals surface area contributed by atoms with Crippen molar-refractivity contribution in [3.8, 4) is 0 Å². The lowest BCUT2D eigenvalue weighted by atomic mass is 10.0. The highest BCUT2D eigenvalue weighted by Crippen LogP contribution is 2.29. The predicted molar refractivity (Wildman–Crippen MR) is 109 cm³/mol. The van der Waals surface area contributed by atoms with Crippen molar-refractivity contribution in [2.75, 3.05) is 13.9 Å². The molecule has 0 aliphatic heterocycles. The molecule has 0 heterocycles. The Kier molecular flexibility index (Phi) is 8.87. The third-order valence-electron chi connectivity index (χ3n) is 3.86. The SMILES string of the molecule is CC[C@H](OC(=O)NCc1ccccc1)[C@@H](OCOC)c1ccccc1I. The van der Waals surface area contributed by atoms with Crippen LogP contribution in [-0.2, 0) is 20.8 Å². The van der Waals surface area contributed by atoms with Gasteiger partial charge in [0.25, 0.3) is 0 Å². The number of methoxy groups -OCH3 is 1. The molecule has 5 nitrogen and oxygen atoms in total. The van der Waals surface area contributed by atoms with E-state index in [1.165, 1.54) is 0 Å². The van der Waals surface area contributed by atoms with Gasteiger partial charge in [-0.3, -0.25) is 0 Å². The summed E-state index contributed by atoms with van der Waals surface area (Å²) in [7, 11) is 1.57. The van der Waals surface area contributed by atoms with Crippen LogP contribution in [0, 0.1) is 3.57 Å². The molecule has 26 heavy (non-hydrogen) atoms. The van der Waals surface area contributed by atoms with Gasteiger partial charge in [0, 0.05) is 17.2 Å². The third kappa shape index (κ3) is 6.26. The van der Waals surface area contributed by atoms with E-state index in [2.05, 4.69) is 27.9 Å². The number of benzene rings is 2. The van der Waals surface area contributed by atoms with Gasteiger partial charge in [-0.1, -0.05) is 55.5 Å². The quantitative estimate of drug-likeness (QED) is 0.429. The molecule has 0 spiro atoms. The average molecular weight is 469 g/mol. The summed E-state index contributed by atoms with van der Waals surface area (Å²) in [5.74, 6) is 0. The molecule has 2 aromatic rings. The normalized spacial score (nSPS) is 13.0. The topological polar surface area (TPSA) is 56.8 Å². The molecular weight excluding hydrogens is 445 g/mol. The van der Waals surface area contributed by atoms with Crippen LogP contribution in [-0.4, -0.2) is 26.1 Å². The Bertz CT molecular complexity index is 681. The maximum Gasteiger partial charge on any atom is 0.407 e. The van der Waals surface area contributed by atoms with E-state index in [1.807, 2.05) is 61.5 Å². The van der Waals surface area contributed by atoms with Crippen LogP contribution < -0.4 is 5.32 Å². The Hall–Kier alpha value is -1.64. The van der Waals surface area contributed by atoms with Gasteiger partial charge in [0.05, 0.1) is 0 Å². The van der Waals surface area contributed by atoms with Gasteiger partial charge in [0.1, 0.15) is 19.0 Å². The molecule has 0 saturated carbocycles. The second-order valence-corrected chi connectivity index (χ2v) is 6.87. The molecular formula is C20H24INO4. The van der Waals surface area contributed by atoms with Gasteiger partial charge < -0.3 is 19.5 Å². The molecule has 0 aromatic heterocycles. The highest BCUT2D eigenvalue weighted by Gasteiger charge is 2.28. The summed E-state index contributed by atoms with van der Waals surface area (Å²) in [4.78, 5) is 12.3. The highest BCUT2D eigenvalue weighted by atomic mass is 127. The van der Waals surface area contributed by atoms with Crippen molar-refractivity contribution in [1.29, 1.82) is 0 Å². The molecule has 0 bridgehead atoms. The van der Waals surface area contributed by atoms with Gasteiger partial charge in [-0.15, -0.1) is 0 Å². The zero-order chi connectivity index (χ0) is 18.8. The third-order valence-corrected chi connectivity index (χ3v) is 4.84. The summed E-state index contributed by atoms with van der Waals surface area (Å²) in [6, 6.07) is 17.6. The van der Waals surface area contributed by atoms with Crippen LogP contribution in [0.5, 0.6) is 0 Å². The van der Waals surface area contributed by atoms with Crippen LogP contribution in [0.4, 0.5) is 4.79 Å². The molecule has 6 heteroatoms. The Morgan fingerprint density at radius 3 is 2.46 bits per heavy atom. The lowest BCUT2D eigenvalue weighted by molar-refractivity contribution is -0.117. The van der Waals surface area contributed by atoms with Crippen molar-refractivity contribution in [2.24, 2.45) is 0 Å². The number of hydrogen-bond donors (Lipinski definition) is 1. The summed E-state index contributed by atoms with van der Waals surface area (Å²) >= 11 is 2.26. The molecule has 0 aliphatic rings. The van der Waals surface area contributed by atoms with E-state index in [-0.39, 0.29) is 6.79 Å². The van der Waals surface area contributed by atoms with Gasteiger partial charge in [-0.25, -0.2) is 4.79 Å². The molecule has 0 aliphatic carbocycles. The van der Waals surface area contributed by atoms with Gasteiger partial charge in [0.2, 0.25) is 0 Å². The fourth-order valence-electron chi connectivity index (χ4n) is 2.55. The van der Waals surface area contributed by atoms with Crippen LogP contribution in [0.2, 0.25) is 0 Å². The first kappa shape index (κ1) is 20.7. The van der Waals surface area contributed by atoms with Gasteiger partial charge in [-0.2, -0.15) is 0 Å². The second kappa shape index (κ2) is 11.2. The number of ether oxygens (including phenoxy) is 3. The van der Waals surface area contributed by atoms with E-state index in [4.69, 9.17) is 14.2 Å². The minimum Gasteiger partial charge on any atom is -0.443 e. The van der Waals surface area contributed by atoms with Crippen LogP contribution in [0.25, 0.3) is 0 Å². The molecule has 2 rings (SSSR count). The summed E-state index contributed by atoms with van der Waals surface area (Å²) in [6.45, 7) is 2.51. The van der Waals surface area contributed by atoms with E-state index in [0.29, 0.717) is 13.0 Å². The van der Waals surface area contributed by atoms with E-state index < -0.39 is 18.3 Å². The minimum absolute atomic E-state index is 0.126. The van der Waals surface area contributed by atoms with Crippen LogP contribution >= 0.6 is 22.6 Å². The van der Waals surface area contributed by atoms with E-state index in [9.17, 15) is 4.79 Å². The molecule has 2 aromatic carbocycles. The van der Waals surface area contributed by atoms with Gasteiger partial charge in [-0.05, 0) is 46.2 Å². The highest BCUT2D eigenvalue weighted by molar-refractivity contribution is 14.1. The number of carbonyl (C=O) groups excluding carboxylic acids is 1. The maximum absolute atomic E-state index is 12.3. The van der Waals surface area contributed by atoms with Crippen LogP contribution in [0.3, 0.4) is 0 Å².